The molecule has 2 rings (SSSR count). The average molecular weight is 256 g/mol. The highest BCUT2D eigenvalue weighted by Gasteiger charge is 2.34. The van der Waals surface area contributed by atoms with Gasteiger partial charge in [0.1, 0.15) is 5.60 Å². The van der Waals surface area contributed by atoms with Gasteiger partial charge in [0.05, 0.1) is 13.2 Å². The Balaban J connectivity index is 1.65. The minimum absolute atomic E-state index is 0.180. The number of hydrogen-bond donors (Lipinski definition) is 0. The van der Waals surface area contributed by atoms with E-state index >= 15 is 0 Å². The second kappa shape index (κ2) is 5.45. The second-order valence-corrected chi connectivity index (χ2v) is 6.16. The van der Waals surface area contributed by atoms with E-state index < -0.39 is 5.60 Å². The Bertz CT molecular complexity index is 289. The second-order valence-electron chi connectivity index (χ2n) is 6.16. The summed E-state index contributed by atoms with van der Waals surface area (Å²) in [4.78, 5) is 16.0. The number of hydrogen-bond acceptors (Lipinski definition) is 4. The molecule has 0 spiro atoms. The van der Waals surface area contributed by atoms with Crippen molar-refractivity contribution in [3.05, 3.63) is 0 Å². The summed E-state index contributed by atoms with van der Waals surface area (Å²) < 4.78 is 10.7. The van der Waals surface area contributed by atoms with Crippen molar-refractivity contribution in [3.63, 3.8) is 0 Å². The molecule has 2 fully saturated rings. The molecule has 104 valence electrons. The number of amides is 1. The molecule has 0 aliphatic carbocycles. The molecular formula is C13H24N2O3. The summed E-state index contributed by atoms with van der Waals surface area (Å²) in [5.41, 5.74) is -0.396. The van der Waals surface area contributed by atoms with Crippen LogP contribution in [0.1, 0.15) is 20.8 Å². The van der Waals surface area contributed by atoms with Crippen molar-refractivity contribution in [2.75, 3.05) is 45.9 Å². The van der Waals surface area contributed by atoms with Crippen LogP contribution in [0.25, 0.3) is 0 Å². The van der Waals surface area contributed by atoms with E-state index in [1.165, 1.54) is 0 Å². The van der Waals surface area contributed by atoms with Gasteiger partial charge in [0, 0.05) is 38.6 Å². The Labute approximate surface area is 109 Å². The summed E-state index contributed by atoms with van der Waals surface area (Å²) in [5.74, 6) is 0.593. The fraction of sp³-hybridized carbons (Fsp3) is 0.923. The van der Waals surface area contributed by atoms with Crippen LogP contribution in [-0.4, -0.2) is 67.4 Å². The normalized spacial score (nSPS) is 22.7. The zero-order chi connectivity index (χ0) is 13.2. The predicted octanol–water partition coefficient (Wildman–Crippen LogP) is 1.19. The maximum Gasteiger partial charge on any atom is 0.410 e. The Kier molecular flexibility index (Phi) is 4.12. The van der Waals surface area contributed by atoms with Crippen LogP contribution in [0.4, 0.5) is 4.79 Å². The van der Waals surface area contributed by atoms with E-state index in [9.17, 15) is 4.79 Å². The molecule has 0 aromatic rings. The summed E-state index contributed by atoms with van der Waals surface area (Å²) in [7, 11) is 0. The number of likely N-dealkylation sites (tertiary alicyclic amines) is 1. The van der Waals surface area contributed by atoms with Gasteiger partial charge in [0.15, 0.2) is 0 Å². The van der Waals surface area contributed by atoms with Crippen molar-refractivity contribution in [3.8, 4) is 0 Å². The third-order valence-electron chi connectivity index (χ3n) is 3.23. The molecule has 0 aromatic heterocycles. The molecule has 0 aromatic carbocycles. The van der Waals surface area contributed by atoms with Gasteiger partial charge in [-0.3, -0.25) is 4.90 Å². The zero-order valence-electron chi connectivity index (χ0n) is 11.6. The lowest BCUT2D eigenvalue weighted by Crippen LogP contribution is -2.55. The molecule has 0 atom stereocenters. The van der Waals surface area contributed by atoms with Gasteiger partial charge in [-0.25, -0.2) is 4.79 Å². The third kappa shape index (κ3) is 3.85. The van der Waals surface area contributed by atoms with E-state index in [0.29, 0.717) is 5.92 Å². The molecule has 1 amide bonds. The van der Waals surface area contributed by atoms with Crippen LogP contribution in [0, 0.1) is 5.92 Å². The van der Waals surface area contributed by atoms with Crippen LogP contribution in [0.5, 0.6) is 0 Å². The van der Waals surface area contributed by atoms with E-state index in [0.717, 1.165) is 45.9 Å². The summed E-state index contributed by atoms with van der Waals surface area (Å²) in [6.45, 7) is 12.1. The van der Waals surface area contributed by atoms with Gasteiger partial charge in [0.2, 0.25) is 0 Å². The fourth-order valence-corrected chi connectivity index (χ4v) is 2.31. The van der Waals surface area contributed by atoms with E-state index in [4.69, 9.17) is 9.47 Å². The topological polar surface area (TPSA) is 42.0 Å². The summed E-state index contributed by atoms with van der Waals surface area (Å²) in [6.07, 6.45) is -0.180. The SMILES string of the molecule is CC(C)(C)OC(=O)N1CC(CN2CCOCC2)C1. The first kappa shape index (κ1) is 13.6. The van der Waals surface area contributed by atoms with E-state index in [-0.39, 0.29) is 6.09 Å². The molecule has 2 aliphatic heterocycles. The Morgan fingerprint density at radius 2 is 1.89 bits per heavy atom. The molecule has 0 radical (unpaired) electrons. The highest BCUT2D eigenvalue weighted by atomic mass is 16.6. The number of nitrogens with zero attached hydrogens (tertiary/aromatic N) is 2. The maximum atomic E-state index is 11.7. The standard InChI is InChI=1S/C13H24N2O3/c1-13(2,3)18-12(16)15-9-11(10-15)8-14-4-6-17-7-5-14/h11H,4-10H2,1-3H3. The highest BCUT2D eigenvalue weighted by molar-refractivity contribution is 5.69. The smallest absolute Gasteiger partial charge is 0.410 e. The zero-order valence-corrected chi connectivity index (χ0v) is 11.6. The van der Waals surface area contributed by atoms with Crippen LogP contribution < -0.4 is 0 Å². The van der Waals surface area contributed by atoms with E-state index in [2.05, 4.69) is 4.90 Å². The van der Waals surface area contributed by atoms with Crippen LogP contribution >= 0.6 is 0 Å². The number of carbonyl (C=O) groups excluding carboxylic acids is 1. The monoisotopic (exact) mass is 256 g/mol. The van der Waals surface area contributed by atoms with Crippen molar-refractivity contribution in [1.82, 2.24) is 9.80 Å². The Hall–Kier alpha value is -0.810. The molecule has 0 unspecified atom stereocenters. The minimum Gasteiger partial charge on any atom is -0.444 e. The van der Waals surface area contributed by atoms with Gasteiger partial charge in [-0.15, -0.1) is 0 Å². The van der Waals surface area contributed by atoms with Gasteiger partial charge in [0.25, 0.3) is 0 Å². The van der Waals surface area contributed by atoms with Crippen molar-refractivity contribution in [2.45, 2.75) is 26.4 Å². The number of rotatable bonds is 2. The molecule has 2 aliphatic rings. The van der Waals surface area contributed by atoms with Crippen LogP contribution in [0.15, 0.2) is 0 Å². The average Bonchev–Trinajstić information content (AvgIpc) is 2.21. The molecule has 0 saturated carbocycles. The lowest BCUT2D eigenvalue weighted by molar-refractivity contribution is -0.0176. The van der Waals surface area contributed by atoms with E-state index in [1.807, 2.05) is 20.8 Å². The maximum absolute atomic E-state index is 11.7. The lowest BCUT2D eigenvalue weighted by atomic mass is 10.00. The van der Waals surface area contributed by atoms with Gasteiger partial charge in [-0.05, 0) is 20.8 Å². The number of ether oxygens (including phenoxy) is 2. The molecular weight excluding hydrogens is 232 g/mol. The van der Waals surface area contributed by atoms with Gasteiger partial charge >= 0.3 is 6.09 Å². The van der Waals surface area contributed by atoms with E-state index in [1.54, 1.807) is 4.90 Å². The third-order valence-corrected chi connectivity index (χ3v) is 3.23. The Morgan fingerprint density at radius 3 is 2.44 bits per heavy atom. The first-order valence-corrected chi connectivity index (χ1v) is 6.72. The number of morpholine rings is 1. The molecule has 2 saturated heterocycles. The fourth-order valence-electron chi connectivity index (χ4n) is 2.31. The van der Waals surface area contributed by atoms with Gasteiger partial charge in [-0.1, -0.05) is 0 Å². The first-order chi connectivity index (χ1) is 8.44. The molecule has 5 nitrogen and oxygen atoms in total. The van der Waals surface area contributed by atoms with Crippen molar-refractivity contribution >= 4 is 6.09 Å². The van der Waals surface area contributed by atoms with Crippen LogP contribution in [0.2, 0.25) is 0 Å². The predicted molar refractivity (Wildman–Crippen MR) is 68.6 cm³/mol. The first-order valence-electron chi connectivity index (χ1n) is 6.72. The van der Waals surface area contributed by atoms with Crippen molar-refractivity contribution in [2.24, 2.45) is 5.92 Å². The van der Waals surface area contributed by atoms with Gasteiger partial charge < -0.3 is 14.4 Å². The van der Waals surface area contributed by atoms with Gasteiger partial charge in [-0.2, -0.15) is 0 Å². The lowest BCUT2D eigenvalue weighted by Gasteiger charge is -2.42. The highest BCUT2D eigenvalue weighted by Crippen LogP contribution is 2.20. The molecule has 0 N–H and O–H groups in total. The molecule has 2 heterocycles. The number of carbonyl (C=O) groups is 1. The molecule has 18 heavy (non-hydrogen) atoms. The van der Waals surface area contributed by atoms with Crippen LogP contribution in [0.3, 0.4) is 0 Å². The summed E-state index contributed by atoms with van der Waals surface area (Å²) in [6, 6.07) is 0. The van der Waals surface area contributed by atoms with Crippen molar-refractivity contribution in [1.29, 1.82) is 0 Å². The minimum atomic E-state index is -0.396. The molecule has 0 bridgehead atoms. The quantitative estimate of drug-likeness (QED) is 0.744. The van der Waals surface area contributed by atoms with Crippen molar-refractivity contribution < 1.29 is 14.3 Å². The Morgan fingerprint density at radius 1 is 1.28 bits per heavy atom. The summed E-state index contributed by atoms with van der Waals surface area (Å²) in [5, 5.41) is 0. The largest absolute Gasteiger partial charge is 0.444 e. The summed E-state index contributed by atoms with van der Waals surface area (Å²) >= 11 is 0. The molecule has 5 heteroatoms. The van der Waals surface area contributed by atoms with Crippen LogP contribution in [-0.2, 0) is 9.47 Å².